The molecule has 1 aliphatic heterocycles. The monoisotopic (exact) mass is 331 g/mol. The van der Waals surface area contributed by atoms with Crippen LogP contribution in [0, 0.1) is 0 Å². The minimum Gasteiger partial charge on any atom is -0.497 e. The van der Waals surface area contributed by atoms with Crippen LogP contribution in [0.2, 0.25) is 0 Å². The second kappa shape index (κ2) is 5.63. The summed E-state index contributed by atoms with van der Waals surface area (Å²) in [7, 11) is 1.68. The van der Waals surface area contributed by atoms with Gasteiger partial charge in [-0.1, -0.05) is 18.2 Å². The van der Waals surface area contributed by atoms with Gasteiger partial charge in [-0.15, -0.1) is 0 Å². The second-order valence-electron chi connectivity index (χ2n) is 4.54. The molecule has 4 nitrogen and oxygen atoms in total. The Morgan fingerprint density at radius 1 is 1.25 bits per heavy atom. The first-order valence-corrected chi connectivity index (χ1v) is 7.11. The predicted octanol–water partition coefficient (Wildman–Crippen LogP) is 3.15. The quantitative estimate of drug-likeness (QED) is 0.865. The average Bonchev–Trinajstić information content (AvgIpc) is 2.98. The van der Waals surface area contributed by atoms with Gasteiger partial charge in [0.2, 0.25) is 5.95 Å². The van der Waals surface area contributed by atoms with Gasteiger partial charge < -0.3 is 9.64 Å². The van der Waals surface area contributed by atoms with Gasteiger partial charge in [0.25, 0.3) is 0 Å². The van der Waals surface area contributed by atoms with Crippen LogP contribution in [0.3, 0.4) is 0 Å². The van der Waals surface area contributed by atoms with E-state index >= 15 is 0 Å². The van der Waals surface area contributed by atoms with Gasteiger partial charge in [-0.3, -0.25) is 0 Å². The highest BCUT2D eigenvalue weighted by Crippen LogP contribution is 2.26. The smallest absolute Gasteiger partial charge is 0.225 e. The fraction of sp³-hybridized carbons (Fsp3) is 0.200. The molecule has 0 fully saturated rings. The molecule has 0 spiro atoms. The molecule has 2 heterocycles. The van der Waals surface area contributed by atoms with Crippen LogP contribution in [0.15, 0.2) is 47.2 Å². The van der Waals surface area contributed by atoms with E-state index in [9.17, 15) is 0 Å². The predicted molar refractivity (Wildman–Crippen MR) is 82.9 cm³/mol. The number of benzene rings is 1. The summed E-state index contributed by atoms with van der Waals surface area (Å²) >= 11 is 3.35. The summed E-state index contributed by atoms with van der Waals surface area (Å²) < 4.78 is 6.16. The molecule has 1 aliphatic rings. The van der Waals surface area contributed by atoms with Crippen LogP contribution in [-0.2, 0) is 0 Å². The fourth-order valence-electron chi connectivity index (χ4n) is 2.21. The molecule has 2 aromatic rings. The molecule has 5 heteroatoms. The summed E-state index contributed by atoms with van der Waals surface area (Å²) in [5, 5.41) is 0. The van der Waals surface area contributed by atoms with Crippen molar-refractivity contribution in [3.05, 3.63) is 52.8 Å². The van der Waals surface area contributed by atoms with E-state index in [2.05, 4.69) is 49.0 Å². The summed E-state index contributed by atoms with van der Waals surface area (Å²) in [6, 6.07) is 8.11. The van der Waals surface area contributed by atoms with E-state index in [-0.39, 0.29) is 0 Å². The van der Waals surface area contributed by atoms with Gasteiger partial charge in [0, 0.05) is 25.5 Å². The highest BCUT2D eigenvalue weighted by molar-refractivity contribution is 9.10. The summed E-state index contributed by atoms with van der Waals surface area (Å²) in [6.07, 6.45) is 5.75. The van der Waals surface area contributed by atoms with Crippen molar-refractivity contribution < 1.29 is 4.74 Å². The number of rotatable bonds is 3. The van der Waals surface area contributed by atoms with Crippen LogP contribution < -0.4 is 9.64 Å². The number of ether oxygens (including phenoxy) is 1. The third-order valence-electron chi connectivity index (χ3n) is 3.25. The lowest BCUT2D eigenvalue weighted by atomic mass is 10.1. The summed E-state index contributed by atoms with van der Waals surface area (Å²) in [5.74, 6) is 1.63. The van der Waals surface area contributed by atoms with Gasteiger partial charge in [0.1, 0.15) is 5.75 Å². The number of hydrogen-bond donors (Lipinski definition) is 0. The van der Waals surface area contributed by atoms with E-state index in [0.29, 0.717) is 0 Å². The van der Waals surface area contributed by atoms with Gasteiger partial charge in [-0.25, -0.2) is 9.97 Å². The number of aromatic nitrogens is 2. The van der Waals surface area contributed by atoms with E-state index in [1.165, 1.54) is 11.1 Å². The van der Waals surface area contributed by atoms with Crippen molar-refractivity contribution >= 4 is 27.5 Å². The van der Waals surface area contributed by atoms with Crippen molar-refractivity contribution in [3.8, 4) is 5.75 Å². The maximum atomic E-state index is 5.27. The third-order valence-corrected chi connectivity index (χ3v) is 3.66. The van der Waals surface area contributed by atoms with Crippen LogP contribution in [-0.4, -0.2) is 30.2 Å². The minimum absolute atomic E-state index is 0.752. The van der Waals surface area contributed by atoms with Crippen molar-refractivity contribution in [2.45, 2.75) is 0 Å². The third kappa shape index (κ3) is 2.67. The Morgan fingerprint density at radius 2 is 2.05 bits per heavy atom. The molecule has 0 aliphatic carbocycles. The molecule has 102 valence electrons. The maximum Gasteiger partial charge on any atom is 0.225 e. The van der Waals surface area contributed by atoms with Crippen LogP contribution in [0.25, 0.3) is 5.57 Å². The standard InChI is InChI=1S/C15H14BrN3O/c1-20-14-4-2-3-11(7-14)12-5-6-19(10-12)15-17-8-13(16)9-18-15/h2-5,7-9H,6,10H2,1H3. The number of anilines is 1. The Kier molecular flexibility index (Phi) is 3.69. The van der Waals surface area contributed by atoms with E-state index in [0.717, 1.165) is 29.3 Å². The molecular weight excluding hydrogens is 318 g/mol. The lowest BCUT2D eigenvalue weighted by molar-refractivity contribution is 0.414. The van der Waals surface area contributed by atoms with Gasteiger partial charge in [-0.05, 0) is 39.2 Å². The molecule has 20 heavy (non-hydrogen) atoms. The number of methoxy groups -OCH3 is 1. The molecule has 0 N–H and O–H groups in total. The maximum absolute atomic E-state index is 5.27. The molecule has 1 aromatic heterocycles. The first kappa shape index (κ1) is 13.1. The van der Waals surface area contributed by atoms with E-state index < -0.39 is 0 Å². The van der Waals surface area contributed by atoms with Crippen LogP contribution >= 0.6 is 15.9 Å². The first-order chi connectivity index (χ1) is 9.76. The molecule has 0 amide bonds. The lowest BCUT2D eigenvalue weighted by Crippen LogP contribution is -2.21. The zero-order valence-electron chi connectivity index (χ0n) is 11.1. The van der Waals surface area contributed by atoms with Crippen LogP contribution in [0.5, 0.6) is 5.75 Å². The van der Waals surface area contributed by atoms with Gasteiger partial charge in [0.15, 0.2) is 0 Å². The van der Waals surface area contributed by atoms with Crippen molar-refractivity contribution in [1.82, 2.24) is 9.97 Å². The van der Waals surface area contributed by atoms with E-state index in [1.807, 2.05) is 12.1 Å². The molecule has 0 saturated heterocycles. The van der Waals surface area contributed by atoms with Gasteiger partial charge in [0.05, 0.1) is 11.6 Å². The number of hydrogen-bond acceptors (Lipinski definition) is 4. The second-order valence-corrected chi connectivity index (χ2v) is 5.46. The molecule has 0 saturated carbocycles. The Labute approximate surface area is 126 Å². The van der Waals surface area contributed by atoms with Gasteiger partial charge in [-0.2, -0.15) is 0 Å². The number of halogens is 1. The Morgan fingerprint density at radius 3 is 2.80 bits per heavy atom. The first-order valence-electron chi connectivity index (χ1n) is 6.32. The van der Waals surface area contributed by atoms with Crippen molar-refractivity contribution in [2.24, 2.45) is 0 Å². The molecule has 0 atom stereocenters. The number of nitrogens with zero attached hydrogens (tertiary/aromatic N) is 3. The van der Waals surface area contributed by atoms with Crippen molar-refractivity contribution in [2.75, 3.05) is 25.1 Å². The molecule has 1 aromatic carbocycles. The molecule has 0 radical (unpaired) electrons. The SMILES string of the molecule is COc1cccc(C2=CCN(c3ncc(Br)cn3)C2)c1. The Bertz CT molecular complexity index is 640. The highest BCUT2D eigenvalue weighted by Gasteiger charge is 2.18. The lowest BCUT2D eigenvalue weighted by Gasteiger charge is -2.16. The van der Waals surface area contributed by atoms with E-state index in [1.54, 1.807) is 19.5 Å². The summed E-state index contributed by atoms with van der Waals surface area (Å²) in [5.41, 5.74) is 2.46. The highest BCUT2D eigenvalue weighted by atomic mass is 79.9. The van der Waals surface area contributed by atoms with Gasteiger partial charge >= 0.3 is 0 Å². The van der Waals surface area contributed by atoms with Crippen LogP contribution in [0.4, 0.5) is 5.95 Å². The van der Waals surface area contributed by atoms with Crippen LogP contribution in [0.1, 0.15) is 5.56 Å². The Balaban J connectivity index is 1.77. The summed E-state index contributed by atoms with van der Waals surface area (Å²) in [6.45, 7) is 1.64. The topological polar surface area (TPSA) is 38.2 Å². The average molecular weight is 332 g/mol. The minimum atomic E-state index is 0.752. The van der Waals surface area contributed by atoms with E-state index in [4.69, 9.17) is 4.74 Å². The molecule has 0 bridgehead atoms. The van der Waals surface area contributed by atoms with Crippen molar-refractivity contribution in [1.29, 1.82) is 0 Å². The normalized spacial score (nSPS) is 14.3. The zero-order chi connectivity index (χ0) is 13.9. The zero-order valence-corrected chi connectivity index (χ0v) is 12.7. The molecule has 3 rings (SSSR count). The molecular formula is C15H14BrN3O. The fourth-order valence-corrected chi connectivity index (χ4v) is 2.41. The largest absolute Gasteiger partial charge is 0.497 e. The summed E-state index contributed by atoms with van der Waals surface area (Å²) in [4.78, 5) is 10.8. The Hall–Kier alpha value is -1.88. The van der Waals surface area contributed by atoms with Crippen molar-refractivity contribution in [3.63, 3.8) is 0 Å². The molecule has 0 unspecified atom stereocenters.